The van der Waals surface area contributed by atoms with Gasteiger partial charge in [-0.2, -0.15) is 0 Å². The van der Waals surface area contributed by atoms with Crippen molar-refractivity contribution in [1.82, 2.24) is 15.5 Å². The molecule has 82 valence electrons. The fourth-order valence-electron chi connectivity index (χ4n) is 1.40. The summed E-state index contributed by atoms with van der Waals surface area (Å²) in [6.45, 7) is 5.28. The first-order valence-corrected chi connectivity index (χ1v) is 5.64. The zero-order chi connectivity index (χ0) is 10.7. The Morgan fingerprint density at radius 2 is 2.20 bits per heavy atom. The second-order valence-corrected chi connectivity index (χ2v) is 4.26. The highest BCUT2D eigenvalue weighted by Gasteiger charge is 2.15. The van der Waals surface area contributed by atoms with Gasteiger partial charge in [-0.1, -0.05) is 11.3 Å². The topological polar surface area (TPSA) is 70.2 Å². The minimum absolute atomic E-state index is 0.113. The van der Waals surface area contributed by atoms with Crippen LogP contribution in [-0.4, -0.2) is 42.3 Å². The number of hydrogen-bond acceptors (Lipinski definition) is 6. The SMILES string of the molecule is CC(=O)Nc1nnc(N2CCNCC2)s1. The maximum atomic E-state index is 10.8. The lowest BCUT2D eigenvalue weighted by atomic mass is 10.4. The van der Waals surface area contributed by atoms with E-state index in [0.717, 1.165) is 31.3 Å². The van der Waals surface area contributed by atoms with Gasteiger partial charge in [-0.05, 0) is 0 Å². The molecule has 0 aliphatic carbocycles. The molecule has 6 nitrogen and oxygen atoms in total. The van der Waals surface area contributed by atoms with Crippen molar-refractivity contribution in [3.63, 3.8) is 0 Å². The van der Waals surface area contributed by atoms with E-state index < -0.39 is 0 Å². The van der Waals surface area contributed by atoms with Crippen LogP contribution in [-0.2, 0) is 4.79 Å². The average Bonchev–Trinajstić information content (AvgIpc) is 2.67. The molecular weight excluding hydrogens is 214 g/mol. The number of amides is 1. The van der Waals surface area contributed by atoms with E-state index in [2.05, 4.69) is 25.7 Å². The zero-order valence-electron chi connectivity index (χ0n) is 8.49. The number of rotatable bonds is 2. The highest BCUT2D eigenvalue weighted by Crippen LogP contribution is 2.23. The number of piperazine rings is 1. The first kappa shape index (κ1) is 10.3. The van der Waals surface area contributed by atoms with E-state index in [9.17, 15) is 4.79 Å². The van der Waals surface area contributed by atoms with Crippen LogP contribution in [0.2, 0.25) is 0 Å². The van der Waals surface area contributed by atoms with Crippen LogP contribution in [0.4, 0.5) is 10.3 Å². The van der Waals surface area contributed by atoms with Crippen LogP contribution >= 0.6 is 11.3 Å². The lowest BCUT2D eigenvalue weighted by Crippen LogP contribution is -2.43. The molecule has 1 fully saturated rings. The molecule has 0 atom stereocenters. The summed E-state index contributed by atoms with van der Waals surface area (Å²) >= 11 is 1.41. The fourth-order valence-corrected chi connectivity index (χ4v) is 2.24. The van der Waals surface area contributed by atoms with E-state index in [0.29, 0.717) is 5.13 Å². The summed E-state index contributed by atoms with van der Waals surface area (Å²) in [5, 5.41) is 15.3. The lowest BCUT2D eigenvalue weighted by molar-refractivity contribution is -0.114. The van der Waals surface area contributed by atoms with Gasteiger partial charge in [0.25, 0.3) is 0 Å². The standard InChI is InChI=1S/C8H13N5OS/c1-6(14)10-7-11-12-8(15-7)13-4-2-9-3-5-13/h9H,2-5H2,1H3,(H,10,11,14). The molecule has 0 aromatic carbocycles. The third-order valence-corrected chi connectivity index (χ3v) is 2.98. The Kier molecular flexibility index (Phi) is 3.12. The second kappa shape index (κ2) is 4.54. The Hall–Kier alpha value is -1.21. The van der Waals surface area contributed by atoms with Crippen LogP contribution < -0.4 is 15.5 Å². The Morgan fingerprint density at radius 1 is 1.47 bits per heavy atom. The summed E-state index contributed by atoms with van der Waals surface area (Å²) in [5.74, 6) is -0.113. The fraction of sp³-hybridized carbons (Fsp3) is 0.625. The number of carbonyl (C=O) groups is 1. The number of nitrogens with zero attached hydrogens (tertiary/aromatic N) is 3. The van der Waals surface area contributed by atoms with E-state index >= 15 is 0 Å². The minimum Gasteiger partial charge on any atom is -0.344 e. The molecule has 1 aromatic heterocycles. The molecule has 0 radical (unpaired) electrons. The molecule has 1 aliphatic rings. The molecule has 2 rings (SSSR count). The minimum atomic E-state index is -0.113. The van der Waals surface area contributed by atoms with E-state index in [1.54, 1.807) is 0 Å². The quantitative estimate of drug-likeness (QED) is 0.738. The number of aromatic nitrogens is 2. The van der Waals surface area contributed by atoms with Gasteiger partial charge in [0.1, 0.15) is 0 Å². The molecule has 15 heavy (non-hydrogen) atoms. The molecule has 2 N–H and O–H groups in total. The molecule has 1 aromatic rings. The average molecular weight is 227 g/mol. The van der Waals surface area contributed by atoms with E-state index in [-0.39, 0.29) is 5.91 Å². The van der Waals surface area contributed by atoms with Gasteiger partial charge in [-0.15, -0.1) is 10.2 Å². The van der Waals surface area contributed by atoms with Crippen molar-refractivity contribution in [2.45, 2.75) is 6.92 Å². The smallest absolute Gasteiger partial charge is 0.223 e. The van der Waals surface area contributed by atoms with E-state index in [4.69, 9.17) is 0 Å². The van der Waals surface area contributed by atoms with Gasteiger partial charge in [0.2, 0.25) is 16.2 Å². The second-order valence-electron chi connectivity index (χ2n) is 3.31. The molecule has 1 aliphatic heterocycles. The Labute approximate surface area is 91.7 Å². The van der Waals surface area contributed by atoms with Crippen molar-refractivity contribution in [1.29, 1.82) is 0 Å². The maximum Gasteiger partial charge on any atom is 0.223 e. The predicted octanol–water partition coefficient (Wildman–Crippen LogP) is -0.0939. The van der Waals surface area contributed by atoms with E-state index in [1.807, 2.05) is 0 Å². The monoisotopic (exact) mass is 227 g/mol. The Morgan fingerprint density at radius 3 is 2.87 bits per heavy atom. The summed E-state index contributed by atoms with van der Waals surface area (Å²) in [6.07, 6.45) is 0. The van der Waals surface area contributed by atoms with Crippen LogP contribution in [0, 0.1) is 0 Å². The Balaban J connectivity index is 2.02. The molecular formula is C8H13N5OS. The lowest BCUT2D eigenvalue weighted by Gasteiger charge is -2.26. The normalized spacial score (nSPS) is 16.5. The highest BCUT2D eigenvalue weighted by atomic mass is 32.1. The van der Waals surface area contributed by atoms with Gasteiger partial charge in [0, 0.05) is 33.1 Å². The number of nitrogens with one attached hydrogen (secondary N) is 2. The van der Waals surface area contributed by atoms with Crippen LogP contribution in [0.25, 0.3) is 0 Å². The Bertz CT molecular complexity index is 347. The molecule has 0 unspecified atom stereocenters. The highest BCUT2D eigenvalue weighted by molar-refractivity contribution is 7.19. The third kappa shape index (κ3) is 2.63. The first-order valence-electron chi connectivity index (χ1n) is 4.82. The van der Waals surface area contributed by atoms with Crippen LogP contribution in [0.5, 0.6) is 0 Å². The number of hydrogen-bond donors (Lipinski definition) is 2. The van der Waals surface area contributed by atoms with Crippen molar-refractivity contribution >= 4 is 27.5 Å². The summed E-state index contributed by atoms with van der Waals surface area (Å²) in [5.41, 5.74) is 0. The van der Waals surface area contributed by atoms with Crippen molar-refractivity contribution in [2.24, 2.45) is 0 Å². The van der Waals surface area contributed by atoms with Crippen LogP contribution in [0.1, 0.15) is 6.92 Å². The molecule has 2 heterocycles. The molecule has 0 bridgehead atoms. The van der Waals surface area contributed by atoms with Crippen molar-refractivity contribution < 1.29 is 4.79 Å². The zero-order valence-corrected chi connectivity index (χ0v) is 9.30. The largest absolute Gasteiger partial charge is 0.344 e. The van der Waals surface area contributed by atoms with Crippen molar-refractivity contribution in [3.05, 3.63) is 0 Å². The van der Waals surface area contributed by atoms with Gasteiger partial charge in [-0.25, -0.2) is 0 Å². The molecule has 0 spiro atoms. The number of anilines is 2. The predicted molar refractivity (Wildman–Crippen MR) is 59.3 cm³/mol. The van der Waals surface area contributed by atoms with Crippen molar-refractivity contribution in [2.75, 3.05) is 36.4 Å². The van der Waals surface area contributed by atoms with E-state index in [1.165, 1.54) is 18.3 Å². The molecule has 1 amide bonds. The van der Waals surface area contributed by atoms with Gasteiger partial charge in [0.15, 0.2) is 0 Å². The van der Waals surface area contributed by atoms with Crippen LogP contribution in [0.15, 0.2) is 0 Å². The molecule has 7 heteroatoms. The van der Waals surface area contributed by atoms with Gasteiger partial charge in [-0.3, -0.25) is 4.79 Å². The summed E-state index contributed by atoms with van der Waals surface area (Å²) < 4.78 is 0. The molecule has 0 saturated carbocycles. The summed E-state index contributed by atoms with van der Waals surface area (Å²) in [7, 11) is 0. The van der Waals surface area contributed by atoms with Crippen molar-refractivity contribution in [3.8, 4) is 0 Å². The number of carbonyl (C=O) groups excluding carboxylic acids is 1. The van der Waals surface area contributed by atoms with Gasteiger partial charge < -0.3 is 15.5 Å². The summed E-state index contributed by atoms with van der Waals surface area (Å²) in [6, 6.07) is 0. The maximum absolute atomic E-state index is 10.8. The van der Waals surface area contributed by atoms with Gasteiger partial charge in [0.05, 0.1) is 0 Å². The third-order valence-electron chi connectivity index (χ3n) is 2.08. The van der Waals surface area contributed by atoms with Gasteiger partial charge >= 0.3 is 0 Å². The first-order chi connectivity index (χ1) is 7.25. The molecule has 1 saturated heterocycles. The summed E-state index contributed by atoms with van der Waals surface area (Å²) in [4.78, 5) is 13.0. The van der Waals surface area contributed by atoms with Crippen LogP contribution in [0.3, 0.4) is 0 Å².